The maximum Gasteiger partial charge on any atom is 0.150 e. The number of rotatable bonds is 6. The van der Waals surface area contributed by atoms with Crippen LogP contribution in [0, 0.1) is 0 Å². The fraction of sp³-hybridized carbons (Fsp3) is 0.471. The number of hydrogen-bond donors (Lipinski definition) is 1. The third kappa shape index (κ3) is 4.39. The van der Waals surface area contributed by atoms with Crippen molar-refractivity contribution < 1.29 is 18.3 Å². The van der Waals surface area contributed by atoms with E-state index in [0.717, 1.165) is 36.4 Å². The Hall–Kier alpha value is -1.90. The number of aliphatic hydroxyl groups excluding tert-OH is 1. The number of aromatic nitrogens is 2. The van der Waals surface area contributed by atoms with Crippen LogP contribution >= 0.6 is 0 Å². The van der Waals surface area contributed by atoms with Gasteiger partial charge in [0.2, 0.25) is 0 Å². The molecule has 0 unspecified atom stereocenters. The molecule has 0 saturated carbocycles. The molecule has 136 valence electrons. The minimum absolute atomic E-state index is 0.311. The van der Waals surface area contributed by atoms with E-state index in [0.29, 0.717) is 18.8 Å². The van der Waals surface area contributed by atoms with Crippen LogP contribution in [0.3, 0.4) is 0 Å². The zero-order valence-corrected chi connectivity index (χ0v) is 15.2. The molecular formula is C17H23N3O4S. The van der Waals surface area contributed by atoms with Gasteiger partial charge in [0.15, 0.2) is 0 Å². The van der Waals surface area contributed by atoms with E-state index >= 15 is 0 Å². The molecule has 0 aliphatic carbocycles. The average molecular weight is 365 g/mol. The van der Waals surface area contributed by atoms with Crippen LogP contribution in [0.15, 0.2) is 30.3 Å². The highest BCUT2D eigenvalue weighted by Crippen LogP contribution is 2.23. The van der Waals surface area contributed by atoms with Crippen LogP contribution in [0.25, 0.3) is 0 Å². The molecule has 1 aromatic carbocycles. The van der Waals surface area contributed by atoms with E-state index in [2.05, 4.69) is 10.00 Å². The fourth-order valence-corrected chi connectivity index (χ4v) is 3.83. The van der Waals surface area contributed by atoms with E-state index in [1.807, 2.05) is 28.9 Å². The lowest BCUT2D eigenvalue weighted by molar-refractivity contribution is 0.190. The molecule has 8 heteroatoms. The Morgan fingerprint density at radius 3 is 2.80 bits per heavy atom. The number of fused-ring (bicyclic) bond motifs is 1. The van der Waals surface area contributed by atoms with Crippen LogP contribution in [0.2, 0.25) is 0 Å². The normalized spacial score (nSPS) is 16.4. The third-order valence-corrected chi connectivity index (χ3v) is 5.21. The first-order valence-electron chi connectivity index (χ1n) is 8.12. The number of aliphatic hydroxyl groups is 1. The molecule has 0 radical (unpaired) electrons. The van der Waals surface area contributed by atoms with Gasteiger partial charge in [-0.05, 0) is 12.1 Å². The van der Waals surface area contributed by atoms with Crippen molar-refractivity contribution in [3.8, 4) is 5.75 Å². The molecule has 3 rings (SSSR count). The highest BCUT2D eigenvalue weighted by molar-refractivity contribution is 7.90. The summed E-state index contributed by atoms with van der Waals surface area (Å²) >= 11 is 0. The minimum Gasteiger partial charge on any atom is -0.496 e. The van der Waals surface area contributed by atoms with Crippen molar-refractivity contribution in [1.29, 1.82) is 0 Å². The summed E-state index contributed by atoms with van der Waals surface area (Å²) in [5, 5.41) is 14.5. The van der Waals surface area contributed by atoms with E-state index in [-0.39, 0.29) is 5.75 Å². The standard InChI is InChI=1S/C17H23N3O4S/c1-24-17-6-4-3-5-13(17)10-19-7-8-20-14(11-19)9-15(18-20)16(21)12-25(2,22)23/h3-6,9,16,21H,7-8,10-12H2,1-2H3/t16-/m1/s1. The van der Waals surface area contributed by atoms with Gasteiger partial charge in [-0.3, -0.25) is 9.58 Å². The number of hydrogen-bond acceptors (Lipinski definition) is 6. The monoisotopic (exact) mass is 365 g/mol. The lowest BCUT2D eigenvalue weighted by atomic mass is 10.1. The molecule has 1 atom stereocenters. The van der Waals surface area contributed by atoms with Crippen molar-refractivity contribution >= 4 is 9.84 Å². The van der Waals surface area contributed by atoms with Gasteiger partial charge in [0.25, 0.3) is 0 Å². The topological polar surface area (TPSA) is 84.7 Å². The lowest BCUT2D eigenvalue weighted by Crippen LogP contribution is -2.33. The Bertz CT molecular complexity index is 847. The Morgan fingerprint density at radius 2 is 2.08 bits per heavy atom. The van der Waals surface area contributed by atoms with Gasteiger partial charge < -0.3 is 9.84 Å². The number of sulfone groups is 1. The highest BCUT2D eigenvalue weighted by Gasteiger charge is 2.23. The summed E-state index contributed by atoms with van der Waals surface area (Å²) in [6.07, 6.45) is 0.0250. The Balaban J connectivity index is 1.71. The average Bonchev–Trinajstić information content (AvgIpc) is 2.97. The molecule has 0 saturated heterocycles. The van der Waals surface area contributed by atoms with Crippen LogP contribution in [0.4, 0.5) is 0 Å². The number of nitrogens with zero attached hydrogens (tertiary/aromatic N) is 3. The van der Waals surface area contributed by atoms with E-state index in [1.165, 1.54) is 0 Å². The maximum atomic E-state index is 11.4. The molecule has 1 N–H and O–H groups in total. The number of methoxy groups -OCH3 is 1. The van der Waals surface area contributed by atoms with Crippen LogP contribution < -0.4 is 4.74 Å². The van der Waals surface area contributed by atoms with Crippen molar-refractivity contribution in [3.05, 3.63) is 47.3 Å². The van der Waals surface area contributed by atoms with E-state index < -0.39 is 15.9 Å². The molecule has 0 bridgehead atoms. The number of ether oxygens (including phenoxy) is 1. The Kier molecular flexibility index (Phi) is 5.12. The summed E-state index contributed by atoms with van der Waals surface area (Å²) in [6.45, 7) is 2.98. The first-order chi connectivity index (χ1) is 11.9. The summed E-state index contributed by atoms with van der Waals surface area (Å²) in [5.41, 5.74) is 2.51. The Morgan fingerprint density at radius 1 is 1.32 bits per heavy atom. The Labute approximate surface area is 147 Å². The SMILES string of the molecule is COc1ccccc1CN1CCn2nc([C@H](O)CS(C)(=O)=O)cc2C1. The zero-order chi connectivity index (χ0) is 18.0. The second kappa shape index (κ2) is 7.15. The summed E-state index contributed by atoms with van der Waals surface area (Å²) in [7, 11) is -1.59. The van der Waals surface area contributed by atoms with Gasteiger partial charge in [0.05, 0.1) is 30.8 Å². The van der Waals surface area contributed by atoms with Gasteiger partial charge in [0, 0.05) is 31.5 Å². The van der Waals surface area contributed by atoms with Crippen LogP contribution in [0.5, 0.6) is 5.75 Å². The quantitative estimate of drug-likeness (QED) is 0.822. The second-order valence-corrected chi connectivity index (χ2v) is 8.60. The molecule has 1 aliphatic heterocycles. The van der Waals surface area contributed by atoms with Crippen LogP contribution in [-0.2, 0) is 29.5 Å². The third-order valence-electron chi connectivity index (χ3n) is 4.28. The van der Waals surface area contributed by atoms with Gasteiger partial charge in [-0.15, -0.1) is 0 Å². The number of benzene rings is 1. The minimum atomic E-state index is -3.26. The predicted molar refractivity (Wildman–Crippen MR) is 94.0 cm³/mol. The maximum absolute atomic E-state index is 11.4. The molecule has 2 aromatic rings. The lowest BCUT2D eigenvalue weighted by Gasteiger charge is -2.28. The molecule has 2 heterocycles. The van der Waals surface area contributed by atoms with Crippen LogP contribution in [0.1, 0.15) is 23.1 Å². The predicted octanol–water partition coefficient (Wildman–Crippen LogP) is 0.985. The number of para-hydroxylation sites is 1. The summed E-state index contributed by atoms with van der Waals surface area (Å²) in [6, 6.07) is 9.73. The van der Waals surface area contributed by atoms with Gasteiger partial charge in [-0.2, -0.15) is 5.10 Å². The largest absolute Gasteiger partial charge is 0.496 e. The molecule has 7 nitrogen and oxygen atoms in total. The molecule has 0 amide bonds. The van der Waals surface area contributed by atoms with Crippen molar-refractivity contribution in [3.63, 3.8) is 0 Å². The molecule has 25 heavy (non-hydrogen) atoms. The smallest absolute Gasteiger partial charge is 0.150 e. The van der Waals surface area contributed by atoms with Gasteiger partial charge >= 0.3 is 0 Å². The summed E-state index contributed by atoms with van der Waals surface area (Å²) in [4.78, 5) is 2.28. The van der Waals surface area contributed by atoms with Crippen molar-refractivity contribution in [1.82, 2.24) is 14.7 Å². The molecule has 0 spiro atoms. The van der Waals surface area contributed by atoms with Gasteiger partial charge in [-0.25, -0.2) is 8.42 Å². The van der Waals surface area contributed by atoms with Gasteiger partial charge in [-0.1, -0.05) is 18.2 Å². The summed E-state index contributed by atoms with van der Waals surface area (Å²) < 4.78 is 30.0. The van der Waals surface area contributed by atoms with E-state index in [9.17, 15) is 13.5 Å². The summed E-state index contributed by atoms with van der Waals surface area (Å²) in [5.74, 6) is 0.555. The molecule has 1 aromatic heterocycles. The molecule has 0 fully saturated rings. The molecular weight excluding hydrogens is 342 g/mol. The first-order valence-corrected chi connectivity index (χ1v) is 10.2. The van der Waals surface area contributed by atoms with Crippen molar-refractivity contribution in [2.24, 2.45) is 0 Å². The van der Waals surface area contributed by atoms with Crippen molar-refractivity contribution in [2.45, 2.75) is 25.7 Å². The van der Waals surface area contributed by atoms with Crippen molar-refractivity contribution in [2.75, 3.05) is 25.7 Å². The van der Waals surface area contributed by atoms with Gasteiger partial charge in [0.1, 0.15) is 21.7 Å². The van der Waals surface area contributed by atoms with E-state index in [4.69, 9.17) is 4.74 Å². The second-order valence-electron chi connectivity index (χ2n) is 6.41. The molecule has 1 aliphatic rings. The first kappa shape index (κ1) is 17.9. The fourth-order valence-electron chi connectivity index (χ4n) is 3.09. The van der Waals surface area contributed by atoms with E-state index in [1.54, 1.807) is 13.2 Å². The highest BCUT2D eigenvalue weighted by atomic mass is 32.2. The zero-order valence-electron chi connectivity index (χ0n) is 14.4. The van der Waals surface area contributed by atoms with Crippen LogP contribution in [-0.4, -0.2) is 53.9 Å².